The van der Waals surface area contributed by atoms with Gasteiger partial charge >= 0.3 is 0 Å². The summed E-state index contributed by atoms with van der Waals surface area (Å²) in [7, 11) is 0. The van der Waals surface area contributed by atoms with Gasteiger partial charge in [0.1, 0.15) is 0 Å². The number of piperidine rings is 1. The number of rotatable bonds is 4. The van der Waals surface area contributed by atoms with Crippen molar-refractivity contribution in [3.8, 4) is 11.5 Å². The van der Waals surface area contributed by atoms with Crippen LogP contribution in [0.5, 0.6) is 0 Å². The van der Waals surface area contributed by atoms with Gasteiger partial charge in [-0.05, 0) is 50.5 Å². The maximum Gasteiger partial charge on any atom is 0.259 e. The van der Waals surface area contributed by atoms with Crippen molar-refractivity contribution in [2.24, 2.45) is 11.7 Å². The minimum atomic E-state index is 0.479. The van der Waals surface area contributed by atoms with Crippen molar-refractivity contribution in [2.45, 2.75) is 19.4 Å². The molecular weight excluding hydrogens is 288 g/mol. The Morgan fingerprint density at radius 3 is 2.76 bits per heavy atom. The van der Waals surface area contributed by atoms with E-state index in [9.17, 15) is 0 Å². The van der Waals surface area contributed by atoms with Gasteiger partial charge in [-0.2, -0.15) is 4.98 Å². The highest BCUT2D eigenvalue weighted by atomic mass is 35.5. The largest absolute Gasteiger partial charge is 0.334 e. The fraction of sp³-hybridized carbons (Fsp3) is 0.467. The monoisotopic (exact) mass is 306 g/mol. The molecule has 1 aliphatic heterocycles. The minimum Gasteiger partial charge on any atom is -0.334 e. The van der Waals surface area contributed by atoms with Gasteiger partial charge in [0.15, 0.2) is 5.82 Å². The molecule has 1 aliphatic rings. The second-order valence-electron chi connectivity index (χ2n) is 5.45. The third kappa shape index (κ3) is 3.43. The zero-order valence-electron chi connectivity index (χ0n) is 11.8. The van der Waals surface area contributed by atoms with Crippen LogP contribution in [-0.4, -0.2) is 34.7 Å². The number of hydrogen-bond donors (Lipinski definition) is 1. The van der Waals surface area contributed by atoms with Gasteiger partial charge in [0.05, 0.1) is 17.1 Å². The van der Waals surface area contributed by atoms with E-state index in [1.807, 2.05) is 24.3 Å². The number of benzene rings is 1. The summed E-state index contributed by atoms with van der Waals surface area (Å²) in [6.07, 6.45) is 2.29. The summed E-state index contributed by atoms with van der Waals surface area (Å²) in [5, 5.41) is 4.68. The summed E-state index contributed by atoms with van der Waals surface area (Å²) in [4.78, 5) is 6.79. The predicted octanol–water partition coefficient (Wildman–Crippen LogP) is 2.56. The first-order chi connectivity index (χ1) is 10.3. The van der Waals surface area contributed by atoms with Crippen molar-refractivity contribution < 1.29 is 4.52 Å². The molecule has 2 N–H and O–H groups in total. The van der Waals surface area contributed by atoms with Crippen molar-refractivity contribution in [2.75, 3.05) is 19.6 Å². The van der Waals surface area contributed by atoms with Gasteiger partial charge in [-0.3, -0.25) is 4.90 Å². The molecule has 1 saturated heterocycles. The van der Waals surface area contributed by atoms with E-state index in [1.54, 1.807) is 0 Å². The average molecular weight is 307 g/mol. The third-order valence-corrected chi connectivity index (χ3v) is 4.31. The molecule has 2 heterocycles. The van der Waals surface area contributed by atoms with Crippen LogP contribution in [0.2, 0.25) is 5.02 Å². The molecule has 1 aromatic heterocycles. The van der Waals surface area contributed by atoms with Crippen LogP contribution >= 0.6 is 11.6 Å². The predicted molar refractivity (Wildman–Crippen MR) is 81.8 cm³/mol. The second-order valence-corrected chi connectivity index (χ2v) is 5.86. The molecule has 0 spiro atoms. The molecule has 1 aromatic carbocycles. The van der Waals surface area contributed by atoms with Crippen molar-refractivity contribution in [3.63, 3.8) is 0 Å². The number of hydrogen-bond acceptors (Lipinski definition) is 5. The Bertz CT molecular complexity index is 593. The second kappa shape index (κ2) is 6.56. The Hall–Kier alpha value is -1.43. The summed E-state index contributed by atoms with van der Waals surface area (Å²) in [5.41, 5.74) is 6.49. The van der Waals surface area contributed by atoms with E-state index in [1.165, 1.54) is 0 Å². The molecule has 2 aromatic rings. The average Bonchev–Trinajstić information content (AvgIpc) is 2.97. The Labute approximate surface area is 129 Å². The SMILES string of the molecule is NCC1CCN(Cc2noc(-c3ccccc3Cl)n2)CC1. The first-order valence-electron chi connectivity index (χ1n) is 7.26. The minimum absolute atomic E-state index is 0.479. The molecule has 112 valence electrons. The first-order valence-corrected chi connectivity index (χ1v) is 7.64. The van der Waals surface area contributed by atoms with Crippen LogP contribution in [0.15, 0.2) is 28.8 Å². The maximum atomic E-state index is 6.14. The molecule has 0 bridgehead atoms. The summed E-state index contributed by atoms with van der Waals surface area (Å²) in [5.74, 6) is 1.84. The molecule has 0 aliphatic carbocycles. The standard InChI is InChI=1S/C15H19ClN4O/c16-13-4-2-1-3-12(13)15-18-14(19-21-15)10-20-7-5-11(9-17)6-8-20/h1-4,11H,5-10,17H2. The number of aromatic nitrogens is 2. The Kier molecular flexibility index (Phi) is 4.53. The van der Waals surface area contributed by atoms with Gasteiger partial charge < -0.3 is 10.3 Å². The lowest BCUT2D eigenvalue weighted by molar-refractivity contribution is 0.175. The van der Waals surface area contributed by atoms with E-state index in [4.69, 9.17) is 21.9 Å². The number of halogens is 1. The zero-order valence-corrected chi connectivity index (χ0v) is 12.6. The van der Waals surface area contributed by atoms with Gasteiger partial charge in [-0.1, -0.05) is 28.9 Å². The molecule has 0 unspecified atom stereocenters. The van der Waals surface area contributed by atoms with Crippen LogP contribution in [0.1, 0.15) is 18.7 Å². The summed E-state index contributed by atoms with van der Waals surface area (Å²) >= 11 is 6.14. The summed E-state index contributed by atoms with van der Waals surface area (Å²) < 4.78 is 5.32. The van der Waals surface area contributed by atoms with E-state index in [0.29, 0.717) is 29.2 Å². The zero-order chi connectivity index (χ0) is 14.7. The molecule has 0 saturated carbocycles. The van der Waals surface area contributed by atoms with Gasteiger partial charge in [0, 0.05) is 0 Å². The smallest absolute Gasteiger partial charge is 0.259 e. The molecule has 5 nitrogen and oxygen atoms in total. The van der Waals surface area contributed by atoms with Crippen LogP contribution in [0, 0.1) is 5.92 Å². The highest BCUT2D eigenvalue weighted by Crippen LogP contribution is 2.26. The number of nitrogens with zero attached hydrogens (tertiary/aromatic N) is 3. The molecule has 0 radical (unpaired) electrons. The molecular formula is C15H19ClN4O. The first kappa shape index (κ1) is 14.5. The Morgan fingerprint density at radius 1 is 1.29 bits per heavy atom. The van der Waals surface area contributed by atoms with E-state index in [2.05, 4.69) is 15.0 Å². The van der Waals surface area contributed by atoms with E-state index in [0.717, 1.165) is 38.0 Å². The highest BCUT2D eigenvalue weighted by Gasteiger charge is 2.20. The summed E-state index contributed by atoms with van der Waals surface area (Å²) in [6.45, 7) is 3.58. The molecule has 3 rings (SSSR count). The topological polar surface area (TPSA) is 68.2 Å². The van der Waals surface area contributed by atoms with Gasteiger partial charge in [-0.25, -0.2) is 0 Å². The van der Waals surface area contributed by atoms with Crippen molar-refractivity contribution >= 4 is 11.6 Å². The van der Waals surface area contributed by atoms with E-state index in [-0.39, 0.29) is 0 Å². The van der Waals surface area contributed by atoms with E-state index >= 15 is 0 Å². The van der Waals surface area contributed by atoms with Crippen LogP contribution in [0.3, 0.4) is 0 Å². The quantitative estimate of drug-likeness (QED) is 0.940. The van der Waals surface area contributed by atoms with E-state index < -0.39 is 0 Å². The Balaban J connectivity index is 1.65. The lowest BCUT2D eigenvalue weighted by Crippen LogP contribution is -2.35. The fourth-order valence-electron chi connectivity index (χ4n) is 2.64. The van der Waals surface area contributed by atoms with Crippen LogP contribution in [0.4, 0.5) is 0 Å². The van der Waals surface area contributed by atoms with Gasteiger partial charge in [0.25, 0.3) is 5.89 Å². The highest BCUT2D eigenvalue weighted by molar-refractivity contribution is 6.33. The lowest BCUT2D eigenvalue weighted by atomic mass is 9.97. The molecule has 1 fully saturated rings. The normalized spacial score (nSPS) is 17.2. The fourth-order valence-corrected chi connectivity index (χ4v) is 2.86. The summed E-state index contributed by atoms with van der Waals surface area (Å²) in [6, 6.07) is 7.48. The molecule has 0 amide bonds. The maximum absolute atomic E-state index is 6.14. The molecule has 21 heavy (non-hydrogen) atoms. The van der Waals surface area contributed by atoms with Crippen LogP contribution in [0.25, 0.3) is 11.5 Å². The van der Waals surface area contributed by atoms with Crippen molar-refractivity contribution in [1.82, 2.24) is 15.0 Å². The lowest BCUT2D eigenvalue weighted by Gasteiger charge is -2.30. The molecule has 0 atom stereocenters. The van der Waals surface area contributed by atoms with Gasteiger partial charge in [0.2, 0.25) is 0 Å². The molecule has 6 heteroatoms. The number of likely N-dealkylation sites (tertiary alicyclic amines) is 1. The third-order valence-electron chi connectivity index (χ3n) is 3.98. The van der Waals surface area contributed by atoms with Crippen molar-refractivity contribution in [1.29, 1.82) is 0 Å². The van der Waals surface area contributed by atoms with Gasteiger partial charge in [-0.15, -0.1) is 0 Å². The van der Waals surface area contributed by atoms with Crippen LogP contribution < -0.4 is 5.73 Å². The Morgan fingerprint density at radius 2 is 2.05 bits per heavy atom. The number of nitrogens with two attached hydrogens (primary N) is 1. The van der Waals surface area contributed by atoms with Crippen molar-refractivity contribution in [3.05, 3.63) is 35.1 Å². The van der Waals surface area contributed by atoms with Crippen LogP contribution in [-0.2, 0) is 6.54 Å².